The Hall–Kier alpha value is 0.300. The molecule has 2 rings (SSSR count). The molecule has 4 nitrogen and oxygen atoms in total. The summed E-state index contributed by atoms with van der Waals surface area (Å²) in [7, 11) is 0. The van der Waals surface area contributed by atoms with E-state index in [1.807, 2.05) is 22.6 Å². The molecule has 0 bridgehead atoms. The van der Waals surface area contributed by atoms with Crippen molar-refractivity contribution in [3.05, 3.63) is 12.8 Å². The smallest absolute Gasteiger partial charge is 0.194 e. The number of hydrogen-bond donors (Lipinski definition) is 1. The maximum atomic E-state index is 5.83. The summed E-state index contributed by atoms with van der Waals surface area (Å²) < 4.78 is 1.38. The number of aromatic nitrogens is 4. The fraction of sp³-hybridized carbons (Fsp3) is 0. The van der Waals surface area contributed by atoms with Gasteiger partial charge in [-0.15, -0.1) is 0 Å². The molecule has 0 fully saturated rings. The zero-order valence-electron chi connectivity index (χ0n) is 5.48. The van der Waals surface area contributed by atoms with Gasteiger partial charge in [0.1, 0.15) is 5.52 Å². The van der Waals surface area contributed by atoms with Gasteiger partial charge in [0.15, 0.2) is 18.5 Å². The third kappa shape index (κ3) is 1.51. The summed E-state index contributed by atoms with van der Waals surface area (Å²) in [6.07, 6.45) is 0. The molecule has 12 heavy (non-hydrogen) atoms. The van der Waals surface area contributed by atoms with Crippen LogP contribution in [0.4, 0.5) is 0 Å². The summed E-state index contributed by atoms with van der Waals surface area (Å²) >= 11 is 9.91. The second-order valence-corrected chi connectivity index (χ2v) is 4.35. The SMILES string of the molecule is Clc1nc(I)nc2[nH]c(I)nc12. The van der Waals surface area contributed by atoms with Crippen molar-refractivity contribution in [3.8, 4) is 0 Å². The summed E-state index contributed by atoms with van der Waals surface area (Å²) in [6, 6.07) is 0. The highest BCUT2D eigenvalue weighted by molar-refractivity contribution is 14.1. The standard InChI is InChI=1S/C5HClI2N4/c6-2-1-3(11-4(7)9-1)12-5(8)10-2/h(H,9,10,11,12). The highest BCUT2D eigenvalue weighted by Crippen LogP contribution is 2.18. The van der Waals surface area contributed by atoms with Gasteiger partial charge in [0.05, 0.1) is 0 Å². The Morgan fingerprint density at radius 1 is 1.17 bits per heavy atom. The number of H-pyrrole nitrogens is 1. The Bertz CT molecular complexity index is 440. The van der Waals surface area contributed by atoms with Gasteiger partial charge in [-0.1, -0.05) is 11.6 Å². The number of halogens is 3. The maximum Gasteiger partial charge on any atom is 0.194 e. The average Bonchev–Trinajstić information content (AvgIpc) is 2.29. The number of aromatic amines is 1. The molecule has 0 spiro atoms. The van der Waals surface area contributed by atoms with E-state index in [1.165, 1.54) is 0 Å². The van der Waals surface area contributed by atoms with Crippen molar-refractivity contribution in [2.45, 2.75) is 0 Å². The lowest BCUT2D eigenvalue weighted by Crippen LogP contribution is -1.88. The van der Waals surface area contributed by atoms with Crippen LogP contribution in [0.15, 0.2) is 0 Å². The zero-order valence-corrected chi connectivity index (χ0v) is 10.5. The van der Waals surface area contributed by atoms with E-state index in [2.05, 4.69) is 42.5 Å². The first-order valence-electron chi connectivity index (χ1n) is 2.91. The summed E-state index contributed by atoms with van der Waals surface area (Å²) in [6.45, 7) is 0. The number of nitrogens with one attached hydrogen (secondary N) is 1. The van der Waals surface area contributed by atoms with Crippen molar-refractivity contribution in [1.29, 1.82) is 0 Å². The van der Waals surface area contributed by atoms with Crippen LogP contribution in [0.5, 0.6) is 0 Å². The first-order chi connectivity index (χ1) is 5.66. The van der Waals surface area contributed by atoms with Crippen LogP contribution < -0.4 is 0 Å². The maximum absolute atomic E-state index is 5.83. The van der Waals surface area contributed by atoms with E-state index in [4.69, 9.17) is 11.6 Å². The predicted octanol–water partition coefficient (Wildman–Crippen LogP) is 2.22. The molecule has 0 aromatic carbocycles. The van der Waals surface area contributed by atoms with Crippen LogP contribution in [-0.2, 0) is 0 Å². The van der Waals surface area contributed by atoms with E-state index in [1.54, 1.807) is 0 Å². The van der Waals surface area contributed by atoms with E-state index >= 15 is 0 Å². The van der Waals surface area contributed by atoms with E-state index in [0.29, 0.717) is 20.1 Å². The Labute approximate surface area is 99.8 Å². The molecule has 2 aromatic rings. The third-order valence-corrected chi connectivity index (χ3v) is 2.50. The lowest BCUT2D eigenvalue weighted by molar-refractivity contribution is 1.13. The van der Waals surface area contributed by atoms with Crippen LogP contribution >= 0.6 is 56.8 Å². The molecule has 62 valence electrons. The Morgan fingerprint density at radius 3 is 2.67 bits per heavy atom. The van der Waals surface area contributed by atoms with Crippen LogP contribution in [0.2, 0.25) is 5.15 Å². The second-order valence-electron chi connectivity index (χ2n) is 2.01. The zero-order chi connectivity index (χ0) is 8.72. The van der Waals surface area contributed by atoms with Crippen molar-refractivity contribution < 1.29 is 0 Å². The lowest BCUT2D eigenvalue weighted by Gasteiger charge is -1.90. The minimum atomic E-state index is 0.392. The number of hydrogen-bond acceptors (Lipinski definition) is 3. The quantitative estimate of drug-likeness (QED) is 0.316. The molecule has 0 saturated heterocycles. The third-order valence-electron chi connectivity index (χ3n) is 1.25. The number of rotatable bonds is 0. The molecular weight excluding hydrogens is 405 g/mol. The van der Waals surface area contributed by atoms with Crippen molar-refractivity contribution >= 4 is 67.9 Å². The summed E-state index contributed by atoms with van der Waals surface area (Å²) in [5, 5.41) is 0.392. The molecule has 1 N–H and O–H groups in total. The van der Waals surface area contributed by atoms with Crippen LogP contribution in [0.3, 0.4) is 0 Å². The molecule has 0 aliphatic rings. The number of nitrogens with zero attached hydrogens (tertiary/aromatic N) is 3. The van der Waals surface area contributed by atoms with E-state index in [-0.39, 0.29) is 0 Å². The largest absolute Gasteiger partial charge is 0.318 e. The van der Waals surface area contributed by atoms with Gasteiger partial charge >= 0.3 is 0 Å². The molecule has 0 aliphatic heterocycles. The van der Waals surface area contributed by atoms with Crippen LogP contribution in [0, 0.1) is 7.66 Å². The Kier molecular flexibility index (Phi) is 2.38. The highest BCUT2D eigenvalue weighted by Gasteiger charge is 2.08. The predicted molar refractivity (Wildman–Crippen MR) is 62.1 cm³/mol. The van der Waals surface area contributed by atoms with Gasteiger partial charge in [-0.3, -0.25) is 0 Å². The van der Waals surface area contributed by atoms with Crippen LogP contribution in [0.1, 0.15) is 0 Å². The van der Waals surface area contributed by atoms with Crippen molar-refractivity contribution in [2.75, 3.05) is 0 Å². The lowest BCUT2D eigenvalue weighted by atomic mass is 10.6. The molecule has 0 atom stereocenters. The normalized spacial score (nSPS) is 10.9. The van der Waals surface area contributed by atoms with E-state index in [9.17, 15) is 0 Å². The minimum Gasteiger partial charge on any atom is -0.318 e. The molecule has 0 radical (unpaired) electrons. The van der Waals surface area contributed by atoms with Crippen LogP contribution in [0.25, 0.3) is 11.2 Å². The number of imidazole rings is 1. The first kappa shape index (κ1) is 8.88. The molecule has 0 amide bonds. The molecule has 2 aromatic heterocycles. The molecule has 0 saturated carbocycles. The molecule has 7 heteroatoms. The van der Waals surface area contributed by atoms with Gasteiger partial charge in [-0.25, -0.2) is 15.0 Å². The fourth-order valence-electron chi connectivity index (χ4n) is 0.812. The summed E-state index contributed by atoms with van der Waals surface area (Å²) in [5.74, 6) is 0. The van der Waals surface area contributed by atoms with Crippen molar-refractivity contribution in [2.24, 2.45) is 0 Å². The summed E-state index contributed by atoms with van der Waals surface area (Å²) in [5.41, 5.74) is 1.31. The fourth-order valence-corrected chi connectivity index (χ4v) is 2.15. The van der Waals surface area contributed by atoms with Gasteiger partial charge in [-0.05, 0) is 22.6 Å². The van der Waals surface area contributed by atoms with Gasteiger partial charge in [0.25, 0.3) is 0 Å². The van der Waals surface area contributed by atoms with E-state index < -0.39 is 0 Å². The molecule has 2 heterocycles. The van der Waals surface area contributed by atoms with Gasteiger partial charge < -0.3 is 4.98 Å². The van der Waals surface area contributed by atoms with Crippen LogP contribution in [-0.4, -0.2) is 19.9 Å². The monoisotopic (exact) mass is 406 g/mol. The van der Waals surface area contributed by atoms with Crippen molar-refractivity contribution in [3.63, 3.8) is 0 Å². The molecule has 0 aliphatic carbocycles. The first-order valence-corrected chi connectivity index (χ1v) is 5.44. The van der Waals surface area contributed by atoms with E-state index in [0.717, 1.165) is 3.83 Å². The molecular formula is C5HClI2N4. The topological polar surface area (TPSA) is 54.5 Å². The van der Waals surface area contributed by atoms with Gasteiger partial charge in [-0.2, -0.15) is 0 Å². The van der Waals surface area contributed by atoms with Gasteiger partial charge in [0, 0.05) is 22.6 Å². The summed E-state index contributed by atoms with van der Waals surface area (Å²) in [4.78, 5) is 15.2. The average molecular weight is 406 g/mol. The minimum absolute atomic E-state index is 0.392. The second kappa shape index (κ2) is 3.22. The Morgan fingerprint density at radius 2 is 1.92 bits per heavy atom. The van der Waals surface area contributed by atoms with Crippen molar-refractivity contribution in [1.82, 2.24) is 19.9 Å². The number of fused-ring (bicyclic) bond motifs is 1. The highest BCUT2D eigenvalue weighted by atomic mass is 127. The van der Waals surface area contributed by atoms with Gasteiger partial charge in [0.2, 0.25) is 0 Å². The Balaban J connectivity index is 2.88. The molecule has 0 unspecified atom stereocenters.